The number of carboxylic acids is 2. The number of carbonyl (C=O) groups is 3. The first kappa shape index (κ1) is 26.9. The first-order valence-electron chi connectivity index (χ1n) is 10.5. The summed E-state index contributed by atoms with van der Waals surface area (Å²) in [4.78, 5) is 44.6. The molecule has 0 rings (SSSR count). The molecule has 0 aliphatic carbocycles. The maximum Gasteiger partial charge on any atom is 0.339 e. The van der Waals surface area contributed by atoms with Crippen LogP contribution in [-0.2, 0) is 14.4 Å². The van der Waals surface area contributed by atoms with Crippen molar-refractivity contribution in [2.24, 2.45) is 5.18 Å². The van der Waals surface area contributed by atoms with Crippen LogP contribution in [0.25, 0.3) is 0 Å². The zero-order valence-corrected chi connectivity index (χ0v) is 17.3. The Balaban J connectivity index is 4.04. The number of Topliss-reactive ketones (excluding diaryl/α,β-unsaturated/α-hetero) is 1. The summed E-state index contributed by atoms with van der Waals surface area (Å²) < 4.78 is 0. The first-order chi connectivity index (χ1) is 13.8. The van der Waals surface area contributed by atoms with Gasteiger partial charge in [0.05, 0.1) is 6.42 Å². The number of hydrogen-bond donors (Lipinski definition) is 3. The molecular formula is C21H35NO7. The highest BCUT2D eigenvalue weighted by molar-refractivity contribution is 5.85. The van der Waals surface area contributed by atoms with Crippen molar-refractivity contribution in [3.63, 3.8) is 0 Å². The highest BCUT2D eigenvalue weighted by Crippen LogP contribution is 2.21. The Morgan fingerprint density at radius 2 is 1.48 bits per heavy atom. The van der Waals surface area contributed by atoms with Gasteiger partial charge in [-0.15, -0.1) is 0 Å². The van der Waals surface area contributed by atoms with Crippen molar-refractivity contribution in [2.75, 3.05) is 0 Å². The Morgan fingerprint density at radius 3 is 1.97 bits per heavy atom. The summed E-state index contributed by atoms with van der Waals surface area (Å²) >= 11 is 0. The number of carbonyl (C=O) groups excluding carboxylic acids is 1. The molecular weight excluding hydrogens is 378 g/mol. The molecule has 0 fully saturated rings. The van der Waals surface area contributed by atoms with Crippen LogP contribution in [0.15, 0.2) is 17.3 Å². The molecule has 0 aromatic rings. The number of nitrogens with zero attached hydrogens (tertiary/aromatic N) is 1. The molecule has 8 heteroatoms. The van der Waals surface area contributed by atoms with Crippen molar-refractivity contribution in [1.82, 2.24) is 0 Å². The van der Waals surface area contributed by atoms with Gasteiger partial charge in [-0.1, -0.05) is 62.8 Å². The van der Waals surface area contributed by atoms with Crippen LogP contribution in [0.4, 0.5) is 0 Å². The van der Waals surface area contributed by atoms with E-state index in [1.807, 2.05) is 0 Å². The second-order valence-electron chi connectivity index (χ2n) is 7.43. The van der Waals surface area contributed by atoms with Gasteiger partial charge in [0.1, 0.15) is 5.78 Å². The summed E-state index contributed by atoms with van der Waals surface area (Å²) in [5.74, 6) is -3.02. The predicted octanol–water partition coefficient (Wildman–Crippen LogP) is 4.24. The van der Waals surface area contributed by atoms with Gasteiger partial charge in [-0.2, -0.15) is 4.91 Å². The standard InChI is InChI=1S/C21H35NO7/c1-2-3-4-7-10-13-17(23)14-11-8-5-6-9-12-15-18(22-29)21(28,20(26)27)16-19(24)25/h12,15,18,28H,2-11,13-14,16H2,1H3,(H,24,25)(H,26,27)/b15-12+/t18-,21-/m0/s1. The molecule has 0 spiro atoms. The SMILES string of the molecule is CCCCCCCC(=O)CCCCCC/C=C/[C@H](N=O)[C@@](O)(CC(=O)O)C(=O)O. The van der Waals surface area contributed by atoms with E-state index in [2.05, 4.69) is 12.1 Å². The number of hydrogen-bond acceptors (Lipinski definition) is 6. The summed E-state index contributed by atoms with van der Waals surface area (Å²) in [5, 5.41) is 30.3. The van der Waals surface area contributed by atoms with E-state index >= 15 is 0 Å². The fraction of sp³-hybridized carbons (Fsp3) is 0.762. The van der Waals surface area contributed by atoms with Gasteiger partial charge in [0, 0.05) is 12.8 Å². The topological polar surface area (TPSA) is 141 Å². The molecule has 0 amide bonds. The number of aliphatic carboxylic acids is 2. The molecule has 2 atom stereocenters. The minimum absolute atomic E-state index is 0.313. The number of nitroso groups, excluding NO2 is 1. The summed E-state index contributed by atoms with van der Waals surface area (Å²) in [6.07, 6.45) is 12.5. The number of rotatable bonds is 19. The van der Waals surface area contributed by atoms with Gasteiger partial charge < -0.3 is 15.3 Å². The number of carboxylic acid groups (broad SMARTS) is 2. The Kier molecular flexibility index (Phi) is 14.7. The first-order valence-corrected chi connectivity index (χ1v) is 10.5. The fourth-order valence-corrected chi connectivity index (χ4v) is 3.03. The molecule has 29 heavy (non-hydrogen) atoms. The van der Waals surface area contributed by atoms with Crippen molar-refractivity contribution < 1.29 is 29.7 Å². The minimum Gasteiger partial charge on any atom is -0.481 e. The Hall–Kier alpha value is -2.09. The molecule has 3 N–H and O–H groups in total. The third kappa shape index (κ3) is 12.2. The van der Waals surface area contributed by atoms with Crippen LogP contribution in [0, 0.1) is 4.91 Å². The van der Waals surface area contributed by atoms with Crippen molar-refractivity contribution in [1.29, 1.82) is 0 Å². The van der Waals surface area contributed by atoms with Gasteiger partial charge in [-0.3, -0.25) is 9.59 Å². The molecule has 8 nitrogen and oxygen atoms in total. The minimum atomic E-state index is -2.76. The number of unbranched alkanes of at least 4 members (excludes halogenated alkanes) is 8. The average molecular weight is 414 g/mol. The van der Waals surface area contributed by atoms with Gasteiger partial charge in [0.2, 0.25) is 5.60 Å². The highest BCUT2D eigenvalue weighted by Gasteiger charge is 2.46. The lowest BCUT2D eigenvalue weighted by Gasteiger charge is -2.23. The molecule has 0 heterocycles. The van der Waals surface area contributed by atoms with Crippen LogP contribution in [0.1, 0.15) is 90.4 Å². The van der Waals surface area contributed by atoms with Crippen molar-refractivity contribution in [3.05, 3.63) is 17.1 Å². The highest BCUT2D eigenvalue weighted by atomic mass is 16.4. The van der Waals surface area contributed by atoms with Gasteiger partial charge in [-0.25, -0.2) is 4.79 Å². The van der Waals surface area contributed by atoms with Gasteiger partial charge >= 0.3 is 11.9 Å². The van der Waals surface area contributed by atoms with E-state index in [0.29, 0.717) is 25.0 Å². The molecule has 0 aromatic carbocycles. The molecule has 0 aromatic heterocycles. The zero-order valence-electron chi connectivity index (χ0n) is 17.3. The quantitative estimate of drug-likeness (QED) is 0.163. The molecule has 0 saturated heterocycles. The lowest BCUT2D eigenvalue weighted by molar-refractivity contribution is -0.166. The summed E-state index contributed by atoms with van der Waals surface area (Å²) in [5.41, 5.74) is -2.76. The van der Waals surface area contributed by atoms with Crippen molar-refractivity contribution >= 4 is 17.7 Å². The average Bonchev–Trinajstić information content (AvgIpc) is 2.65. The lowest BCUT2D eigenvalue weighted by Crippen LogP contribution is -2.49. The Morgan fingerprint density at radius 1 is 0.931 bits per heavy atom. The van der Waals surface area contributed by atoms with Gasteiger partial charge in [0.25, 0.3) is 0 Å². The number of allylic oxidation sites excluding steroid dienone is 1. The molecule has 0 saturated carbocycles. The van der Waals surface area contributed by atoms with E-state index in [0.717, 1.165) is 44.6 Å². The van der Waals surface area contributed by atoms with Crippen molar-refractivity contribution in [2.45, 2.75) is 102 Å². The van der Waals surface area contributed by atoms with Gasteiger partial charge in [0.15, 0.2) is 6.04 Å². The molecule has 166 valence electrons. The van der Waals surface area contributed by atoms with Gasteiger partial charge in [-0.05, 0) is 25.7 Å². The molecule has 0 aliphatic rings. The summed E-state index contributed by atoms with van der Waals surface area (Å²) in [7, 11) is 0. The Bertz CT molecular complexity index is 547. The smallest absolute Gasteiger partial charge is 0.339 e. The lowest BCUT2D eigenvalue weighted by atomic mass is 9.90. The van der Waals surface area contributed by atoms with Crippen LogP contribution in [0.3, 0.4) is 0 Å². The number of aliphatic hydroxyl groups is 1. The molecule has 0 bridgehead atoms. The van der Waals surface area contributed by atoms with E-state index < -0.39 is 30.0 Å². The number of ketones is 1. The van der Waals surface area contributed by atoms with Crippen LogP contribution in [0.2, 0.25) is 0 Å². The third-order valence-electron chi connectivity index (χ3n) is 4.85. The molecule has 0 unspecified atom stereocenters. The monoisotopic (exact) mass is 413 g/mol. The van der Waals surface area contributed by atoms with Crippen LogP contribution in [-0.4, -0.2) is 44.7 Å². The maximum atomic E-state index is 11.8. The normalized spacial score (nSPS) is 14.4. The maximum absolute atomic E-state index is 11.8. The summed E-state index contributed by atoms with van der Waals surface area (Å²) in [6, 6.07) is -1.67. The van der Waals surface area contributed by atoms with Crippen molar-refractivity contribution in [3.8, 4) is 0 Å². The second-order valence-corrected chi connectivity index (χ2v) is 7.43. The second kappa shape index (κ2) is 15.8. The van der Waals surface area contributed by atoms with E-state index in [1.54, 1.807) is 0 Å². The molecule has 0 radical (unpaired) electrons. The van der Waals surface area contributed by atoms with E-state index in [1.165, 1.54) is 25.3 Å². The predicted molar refractivity (Wildman–Crippen MR) is 110 cm³/mol. The van der Waals surface area contributed by atoms with E-state index in [-0.39, 0.29) is 0 Å². The van der Waals surface area contributed by atoms with Crippen LogP contribution in [0.5, 0.6) is 0 Å². The van der Waals surface area contributed by atoms with Crippen LogP contribution < -0.4 is 0 Å². The largest absolute Gasteiger partial charge is 0.481 e. The Labute approximate surface area is 172 Å². The fourth-order valence-electron chi connectivity index (χ4n) is 3.03. The zero-order chi connectivity index (χ0) is 22.1. The third-order valence-corrected chi connectivity index (χ3v) is 4.85. The molecule has 0 aliphatic heterocycles. The van der Waals surface area contributed by atoms with Crippen LogP contribution >= 0.6 is 0 Å². The van der Waals surface area contributed by atoms with E-state index in [9.17, 15) is 24.4 Å². The summed E-state index contributed by atoms with van der Waals surface area (Å²) in [6.45, 7) is 2.16. The van der Waals surface area contributed by atoms with E-state index in [4.69, 9.17) is 10.2 Å².